The number of pyridine rings is 1. The number of anilines is 2. The van der Waals surface area contributed by atoms with E-state index in [1.54, 1.807) is 0 Å². The monoisotopic (exact) mass is 447 g/mol. The Hall–Kier alpha value is -3.19. The molecule has 3 aromatic heterocycles. The average Bonchev–Trinajstić information content (AvgIpc) is 3.51. The minimum atomic E-state index is 0.466. The zero-order valence-corrected chi connectivity index (χ0v) is 19.0. The topological polar surface area (TPSA) is 80.6 Å². The van der Waals surface area contributed by atoms with Crippen LogP contribution < -0.4 is 10.6 Å². The predicted octanol–water partition coefficient (Wildman–Crippen LogP) is 5.49. The lowest BCUT2D eigenvalue weighted by Gasteiger charge is -2.17. The Bertz CT molecular complexity index is 1240. The molecule has 0 bridgehead atoms. The van der Waals surface area contributed by atoms with Crippen LogP contribution in [0.2, 0.25) is 5.02 Å². The highest BCUT2D eigenvalue weighted by atomic mass is 35.5. The normalized spacial score (nSPS) is 14.2. The summed E-state index contributed by atoms with van der Waals surface area (Å²) < 4.78 is 1.83. The van der Waals surface area contributed by atoms with Crippen LogP contribution in [0.4, 0.5) is 11.6 Å². The van der Waals surface area contributed by atoms with E-state index < -0.39 is 0 Å². The molecule has 1 saturated carbocycles. The maximum atomic E-state index is 6.03. The number of fused-ring (bicyclic) bond motifs is 1. The van der Waals surface area contributed by atoms with Crippen molar-refractivity contribution < 1.29 is 0 Å². The van der Waals surface area contributed by atoms with Crippen molar-refractivity contribution in [3.05, 3.63) is 53.6 Å². The molecule has 5 rings (SSSR count). The molecule has 1 aliphatic carbocycles. The number of halogens is 1. The molecule has 0 atom stereocenters. The largest absolute Gasteiger partial charge is 0.371 e. The molecule has 1 aromatic carbocycles. The SMILES string of the molecule is CCc1nc2c(NC)ncc(-c3cnn(-c4ccc(Cl)cc4)c3)c2nc1NC1CCCC1. The lowest BCUT2D eigenvalue weighted by Crippen LogP contribution is -2.18. The summed E-state index contributed by atoms with van der Waals surface area (Å²) in [5.41, 5.74) is 5.34. The molecule has 1 fully saturated rings. The Morgan fingerprint density at radius 3 is 2.53 bits per heavy atom. The summed E-state index contributed by atoms with van der Waals surface area (Å²) >= 11 is 6.03. The zero-order chi connectivity index (χ0) is 22.1. The van der Waals surface area contributed by atoms with Gasteiger partial charge in [-0.25, -0.2) is 19.6 Å². The number of aryl methyl sites for hydroxylation is 1. The summed E-state index contributed by atoms with van der Waals surface area (Å²) in [6.07, 6.45) is 11.4. The van der Waals surface area contributed by atoms with E-state index in [0.29, 0.717) is 11.1 Å². The molecule has 8 heteroatoms. The highest BCUT2D eigenvalue weighted by Crippen LogP contribution is 2.32. The van der Waals surface area contributed by atoms with Crippen LogP contribution >= 0.6 is 11.6 Å². The summed E-state index contributed by atoms with van der Waals surface area (Å²) in [7, 11) is 1.86. The molecule has 0 radical (unpaired) electrons. The van der Waals surface area contributed by atoms with Crippen LogP contribution in [0.25, 0.3) is 27.8 Å². The molecule has 32 heavy (non-hydrogen) atoms. The fraction of sp³-hybridized carbons (Fsp3) is 0.333. The van der Waals surface area contributed by atoms with Gasteiger partial charge in [-0.05, 0) is 43.5 Å². The van der Waals surface area contributed by atoms with Gasteiger partial charge < -0.3 is 10.6 Å². The fourth-order valence-corrected chi connectivity index (χ4v) is 4.42. The lowest BCUT2D eigenvalue weighted by atomic mass is 10.1. The minimum absolute atomic E-state index is 0.466. The van der Waals surface area contributed by atoms with E-state index in [-0.39, 0.29) is 0 Å². The molecule has 7 nitrogen and oxygen atoms in total. The van der Waals surface area contributed by atoms with Gasteiger partial charge in [0.05, 0.1) is 17.6 Å². The maximum absolute atomic E-state index is 6.03. The van der Waals surface area contributed by atoms with Crippen LogP contribution in [0.3, 0.4) is 0 Å². The van der Waals surface area contributed by atoms with Crippen LogP contribution in [-0.4, -0.2) is 37.8 Å². The van der Waals surface area contributed by atoms with Crippen LogP contribution in [0.5, 0.6) is 0 Å². The Labute approximate surface area is 192 Å². The highest BCUT2D eigenvalue weighted by molar-refractivity contribution is 6.30. The molecule has 164 valence electrons. The van der Waals surface area contributed by atoms with Gasteiger partial charge in [-0.1, -0.05) is 31.4 Å². The molecule has 3 heterocycles. The predicted molar refractivity (Wildman–Crippen MR) is 130 cm³/mol. The van der Waals surface area contributed by atoms with Crippen molar-refractivity contribution in [2.24, 2.45) is 0 Å². The van der Waals surface area contributed by atoms with Crippen LogP contribution in [0, 0.1) is 0 Å². The van der Waals surface area contributed by atoms with E-state index in [1.165, 1.54) is 25.7 Å². The first-order valence-electron chi connectivity index (χ1n) is 11.1. The molecule has 0 spiro atoms. The van der Waals surface area contributed by atoms with E-state index in [0.717, 1.165) is 51.6 Å². The first kappa shape index (κ1) is 20.7. The summed E-state index contributed by atoms with van der Waals surface area (Å²) in [6, 6.07) is 8.06. The molecular weight excluding hydrogens is 422 g/mol. The van der Waals surface area contributed by atoms with Gasteiger partial charge >= 0.3 is 0 Å². The minimum Gasteiger partial charge on any atom is -0.371 e. The Morgan fingerprint density at radius 2 is 1.81 bits per heavy atom. The molecule has 0 aliphatic heterocycles. The van der Waals surface area contributed by atoms with Crippen molar-refractivity contribution in [1.29, 1.82) is 0 Å². The lowest BCUT2D eigenvalue weighted by molar-refractivity contribution is 0.747. The number of benzene rings is 1. The summed E-state index contributed by atoms with van der Waals surface area (Å²) in [6.45, 7) is 2.11. The van der Waals surface area contributed by atoms with Gasteiger partial charge in [0.15, 0.2) is 5.82 Å². The quantitative estimate of drug-likeness (QED) is 0.406. The second-order valence-corrected chi connectivity index (χ2v) is 8.55. The van der Waals surface area contributed by atoms with Crippen LogP contribution in [0.15, 0.2) is 42.9 Å². The van der Waals surface area contributed by atoms with Crippen molar-refractivity contribution in [2.45, 2.75) is 45.1 Å². The van der Waals surface area contributed by atoms with Crippen molar-refractivity contribution in [1.82, 2.24) is 24.7 Å². The van der Waals surface area contributed by atoms with Gasteiger partial charge in [0, 0.05) is 41.6 Å². The average molecular weight is 448 g/mol. The Balaban J connectivity index is 1.61. The number of hydrogen-bond donors (Lipinski definition) is 2. The molecule has 4 aromatic rings. The Kier molecular flexibility index (Phi) is 5.66. The van der Waals surface area contributed by atoms with E-state index in [2.05, 4.69) is 27.6 Å². The summed E-state index contributed by atoms with van der Waals surface area (Å²) in [5, 5.41) is 12.1. The Morgan fingerprint density at radius 1 is 1.03 bits per heavy atom. The van der Waals surface area contributed by atoms with Gasteiger partial charge in [-0.15, -0.1) is 0 Å². The number of hydrogen-bond acceptors (Lipinski definition) is 6. The number of rotatable bonds is 6. The van der Waals surface area contributed by atoms with Gasteiger partial charge in [-0.3, -0.25) is 0 Å². The third-order valence-electron chi connectivity index (χ3n) is 6.02. The van der Waals surface area contributed by atoms with Crippen molar-refractivity contribution in [3.63, 3.8) is 0 Å². The third kappa shape index (κ3) is 3.88. The van der Waals surface area contributed by atoms with E-state index in [1.807, 2.05) is 54.6 Å². The molecule has 2 N–H and O–H groups in total. The molecule has 0 amide bonds. The second kappa shape index (κ2) is 8.74. The highest BCUT2D eigenvalue weighted by Gasteiger charge is 2.20. The number of nitrogens with zero attached hydrogens (tertiary/aromatic N) is 5. The van der Waals surface area contributed by atoms with Gasteiger partial charge in [-0.2, -0.15) is 5.10 Å². The van der Waals surface area contributed by atoms with Gasteiger partial charge in [0.1, 0.15) is 16.9 Å². The standard InChI is InChI=1S/C24H26ClN7/c1-3-20-23(29-17-6-4-5-7-17)31-21-19(13-27-24(26-2)22(21)30-20)15-12-28-32(14-15)18-10-8-16(25)9-11-18/h8-14,17H,3-7H2,1-2H3,(H,26,27)(H,29,31). The van der Waals surface area contributed by atoms with Crippen LogP contribution in [-0.2, 0) is 6.42 Å². The second-order valence-electron chi connectivity index (χ2n) is 8.12. The first-order valence-corrected chi connectivity index (χ1v) is 11.5. The fourth-order valence-electron chi connectivity index (χ4n) is 4.29. The number of aromatic nitrogens is 5. The first-order chi connectivity index (χ1) is 15.7. The van der Waals surface area contributed by atoms with Crippen molar-refractivity contribution in [3.8, 4) is 16.8 Å². The maximum Gasteiger partial charge on any atom is 0.153 e. The summed E-state index contributed by atoms with van der Waals surface area (Å²) in [4.78, 5) is 14.7. The smallest absolute Gasteiger partial charge is 0.153 e. The van der Waals surface area contributed by atoms with E-state index >= 15 is 0 Å². The summed E-state index contributed by atoms with van der Waals surface area (Å²) in [5.74, 6) is 1.61. The van der Waals surface area contributed by atoms with E-state index in [9.17, 15) is 0 Å². The molecule has 0 unspecified atom stereocenters. The molecule has 1 aliphatic rings. The van der Waals surface area contributed by atoms with Gasteiger partial charge in [0.25, 0.3) is 0 Å². The van der Waals surface area contributed by atoms with Crippen molar-refractivity contribution >= 4 is 34.3 Å². The molecule has 0 saturated heterocycles. The zero-order valence-electron chi connectivity index (χ0n) is 18.3. The van der Waals surface area contributed by atoms with Crippen molar-refractivity contribution in [2.75, 3.05) is 17.7 Å². The van der Waals surface area contributed by atoms with Gasteiger partial charge in [0.2, 0.25) is 0 Å². The third-order valence-corrected chi connectivity index (χ3v) is 6.27. The number of nitrogens with one attached hydrogen (secondary N) is 2. The molecular formula is C24H26ClN7. The van der Waals surface area contributed by atoms with Crippen LogP contribution in [0.1, 0.15) is 38.3 Å². The van der Waals surface area contributed by atoms with E-state index in [4.69, 9.17) is 21.6 Å².